The Kier molecular flexibility index (Phi) is 6.77. The fourth-order valence-corrected chi connectivity index (χ4v) is 1.65. The minimum Gasteiger partial charge on any atom is -0.394 e. The third-order valence-electron chi connectivity index (χ3n) is 2.86. The summed E-state index contributed by atoms with van der Waals surface area (Å²) in [6.45, 7) is -0.721. The van der Waals surface area contributed by atoms with Crippen LogP contribution in [0.4, 0.5) is 5.82 Å². The summed E-state index contributed by atoms with van der Waals surface area (Å²) >= 11 is 0. The quantitative estimate of drug-likeness (QED) is 0.523. The monoisotopic (exact) mass is 298 g/mol. The number of aliphatic hydroxyl groups is 2. The normalized spacial score (nSPS) is 15.1. The summed E-state index contributed by atoms with van der Waals surface area (Å²) in [5.74, 6) is 0.0865. The number of rotatable bonds is 8. The van der Waals surface area contributed by atoms with Gasteiger partial charge in [0.2, 0.25) is 0 Å². The van der Waals surface area contributed by atoms with Crippen LogP contribution in [0.15, 0.2) is 17.1 Å². The van der Waals surface area contributed by atoms with Crippen molar-refractivity contribution in [2.45, 2.75) is 31.5 Å². The van der Waals surface area contributed by atoms with Gasteiger partial charge in [-0.3, -0.25) is 4.57 Å². The molecule has 0 aliphatic carbocycles. The molecule has 1 heterocycles. The van der Waals surface area contributed by atoms with Crippen LogP contribution in [0.5, 0.6) is 0 Å². The number of nitrogens with zero attached hydrogens (tertiary/aromatic N) is 3. The summed E-state index contributed by atoms with van der Waals surface area (Å²) in [7, 11) is 1.34. The van der Waals surface area contributed by atoms with Crippen molar-refractivity contribution in [2.75, 3.05) is 19.5 Å². The second-order valence-electron chi connectivity index (χ2n) is 4.25. The van der Waals surface area contributed by atoms with Gasteiger partial charge in [-0.05, 0) is 6.07 Å². The lowest BCUT2D eigenvalue weighted by Gasteiger charge is -2.26. The summed E-state index contributed by atoms with van der Waals surface area (Å²) in [4.78, 5) is 15.0. The summed E-state index contributed by atoms with van der Waals surface area (Å²) in [5, 5.41) is 27.9. The molecule has 0 spiro atoms. The molecule has 9 heteroatoms. The molecule has 4 N–H and O–H groups in total. The maximum atomic E-state index is 11.5. The number of nitrogens with two attached hydrogens (primary N) is 1. The Morgan fingerprint density at radius 3 is 2.81 bits per heavy atom. The fraction of sp³-hybridized carbons (Fsp3) is 0.583. The molecule has 0 fully saturated rings. The third-order valence-corrected chi connectivity index (χ3v) is 2.86. The molecule has 1 aromatic heterocycles. The van der Waals surface area contributed by atoms with E-state index in [4.69, 9.17) is 20.5 Å². The lowest BCUT2D eigenvalue weighted by molar-refractivity contribution is -0.130. The standard InChI is InChI=1S/C12H18N4O5/c1-20-8(2-4-13)11(18)9(6-17)21-7-16-5-3-10(14)15-12(16)19/h3,5,8-9,11,17-18H,2,6-7H2,1H3,(H2,14,15,19). The van der Waals surface area contributed by atoms with Crippen LogP contribution in [0.1, 0.15) is 6.42 Å². The van der Waals surface area contributed by atoms with Crippen LogP contribution in [0, 0.1) is 11.3 Å². The second kappa shape index (κ2) is 8.33. The molecule has 1 aromatic rings. The molecule has 0 aliphatic heterocycles. The third kappa shape index (κ3) is 4.80. The number of hydrogen-bond acceptors (Lipinski definition) is 8. The first kappa shape index (κ1) is 17.1. The van der Waals surface area contributed by atoms with E-state index in [0.717, 1.165) is 4.57 Å². The maximum absolute atomic E-state index is 11.5. The molecule has 3 unspecified atom stereocenters. The minimum atomic E-state index is -1.21. The molecule has 1 rings (SSSR count). The van der Waals surface area contributed by atoms with Crippen LogP contribution in [0.3, 0.4) is 0 Å². The van der Waals surface area contributed by atoms with E-state index in [2.05, 4.69) is 4.98 Å². The molecule has 21 heavy (non-hydrogen) atoms. The molecule has 0 aliphatic rings. The van der Waals surface area contributed by atoms with Crippen LogP contribution in [0.2, 0.25) is 0 Å². The first-order chi connectivity index (χ1) is 10.0. The van der Waals surface area contributed by atoms with Crippen molar-refractivity contribution in [1.29, 1.82) is 5.26 Å². The maximum Gasteiger partial charge on any atom is 0.351 e. The zero-order valence-electron chi connectivity index (χ0n) is 11.5. The lowest BCUT2D eigenvalue weighted by atomic mass is 10.1. The second-order valence-corrected chi connectivity index (χ2v) is 4.25. The molecule has 9 nitrogen and oxygen atoms in total. The van der Waals surface area contributed by atoms with Crippen molar-refractivity contribution < 1.29 is 19.7 Å². The SMILES string of the molecule is COC(CC#N)C(O)C(CO)OCn1ccc(N)nc1=O. The van der Waals surface area contributed by atoms with Gasteiger partial charge in [0, 0.05) is 13.3 Å². The van der Waals surface area contributed by atoms with Crippen molar-refractivity contribution in [3.05, 3.63) is 22.7 Å². The summed E-state index contributed by atoms with van der Waals surface area (Å²) in [5.41, 5.74) is 4.75. The molecule has 0 bridgehead atoms. The van der Waals surface area contributed by atoms with Gasteiger partial charge in [-0.1, -0.05) is 0 Å². The van der Waals surface area contributed by atoms with Gasteiger partial charge >= 0.3 is 5.69 Å². The summed E-state index contributed by atoms with van der Waals surface area (Å²) in [6.07, 6.45) is -1.69. The first-order valence-electron chi connectivity index (χ1n) is 6.16. The van der Waals surface area contributed by atoms with Crippen LogP contribution >= 0.6 is 0 Å². The number of aromatic nitrogens is 2. The van der Waals surface area contributed by atoms with E-state index < -0.39 is 30.6 Å². The highest BCUT2D eigenvalue weighted by Gasteiger charge is 2.28. The number of methoxy groups -OCH3 is 1. The van der Waals surface area contributed by atoms with Gasteiger partial charge in [0.25, 0.3) is 0 Å². The molecule has 0 radical (unpaired) electrons. The molecular weight excluding hydrogens is 280 g/mol. The number of hydrogen-bond donors (Lipinski definition) is 3. The average molecular weight is 298 g/mol. The zero-order valence-corrected chi connectivity index (χ0v) is 11.5. The van der Waals surface area contributed by atoms with E-state index in [1.807, 2.05) is 6.07 Å². The van der Waals surface area contributed by atoms with Crippen LogP contribution in [-0.2, 0) is 16.2 Å². The Hall–Kier alpha value is -1.99. The van der Waals surface area contributed by atoms with Gasteiger partial charge in [0.05, 0.1) is 25.2 Å². The number of nitrogen functional groups attached to an aromatic ring is 1. The van der Waals surface area contributed by atoms with Gasteiger partial charge in [-0.25, -0.2) is 4.79 Å². The highest BCUT2D eigenvalue weighted by atomic mass is 16.5. The Morgan fingerprint density at radius 2 is 2.29 bits per heavy atom. The van der Waals surface area contributed by atoms with Crippen LogP contribution < -0.4 is 11.4 Å². The van der Waals surface area contributed by atoms with Crippen molar-refractivity contribution in [1.82, 2.24) is 9.55 Å². The molecule has 0 saturated carbocycles. The predicted molar refractivity (Wildman–Crippen MR) is 71.9 cm³/mol. The van der Waals surface area contributed by atoms with E-state index in [1.165, 1.54) is 19.4 Å². The molecule has 0 amide bonds. The zero-order chi connectivity index (χ0) is 15.8. The van der Waals surface area contributed by atoms with Gasteiger partial charge in [-0.15, -0.1) is 0 Å². The topological polar surface area (TPSA) is 144 Å². The molecule has 116 valence electrons. The molecule has 3 atom stereocenters. The van der Waals surface area contributed by atoms with E-state index in [0.29, 0.717) is 0 Å². The molecule has 0 aromatic carbocycles. The number of aliphatic hydroxyl groups excluding tert-OH is 2. The number of anilines is 1. The van der Waals surface area contributed by atoms with Gasteiger partial charge in [-0.2, -0.15) is 10.2 Å². The first-order valence-corrected chi connectivity index (χ1v) is 6.16. The van der Waals surface area contributed by atoms with Crippen LogP contribution in [0.25, 0.3) is 0 Å². The van der Waals surface area contributed by atoms with E-state index >= 15 is 0 Å². The van der Waals surface area contributed by atoms with Crippen LogP contribution in [-0.4, -0.2) is 51.8 Å². The average Bonchev–Trinajstić information content (AvgIpc) is 2.47. The van der Waals surface area contributed by atoms with Gasteiger partial charge < -0.3 is 25.4 Å². The highest BCUT2D eigenvalue weighted by molar-refractivity contribution is 5.23. The highest BCUT2D eigenvalue weighted by Crippen LogP contribution is 2.10. The molecule has 0 saturated heterocycles. The molecular formula is C12H18N4O5. The number of nitriles is 1. The van der Waals surface area contributed by atoms with Crippen molar-refractivity contribution in [3.8, 4) is 6.07 Å². The fourth-order valence-electron chi connectivity index (χ4n) is 1.65. The van der Waals surface area contributed by atoms with E-state index in [-0.39, 0.29) is 19.0 Å². The van der Waals surface area contributed by atoms with Crippen molar-refractivity contribution in [3.63, 3.8) is 0 Å². The Morgan fingerprint density at radius 1 is 1.57 bits per heavy atom. The van der Waals surface area contributed by atoms with Crippen molar-refractivity contribution >= 4 is 5.82 Å². The lowest BCUT2D eigenvalue weighted by Crippen LogP contribution is -2.43. The van der Waals surface area contributed by atoms with Gasteiger partial charge in [0.15, 0.2) is 0 Å². The van der Waals surface area contributed by atoms with Crippen molar-refractivity contribution in [2.24, 2.45) is 0 Å². The smallest absolute Gasteiger partial charge is 0.351 e. The van der Waals surface area contributed by atoms with E-state index in [1.54, 1.807) is 0 Å². The Bertz CT molecular complexity index is 541. The Labute approximate surface area is 121 Å². The Balaban J connectivity index is 2.69. The predicted octanol–water partition coefficient (Wildman–Crippen LogP) is -1.55. The van der Waals surface area contributed by atoms with E-state index in [9.17, 15) is 15.0 Å². The number of ether oxygens (including phenoxy) is 2. The van der Waals surface area contributed by atoms with Gasteiger partial charge in [0.1, 0.15) is 24.8 Å². The summed E-state index contributed by atoms with van der Waals surface area (Å²) in [6, 6.07) is 3.29. The minimum absolute atomic E-state index is 0.0547. The summed E-state index contributed by atoms with van der Waals surface area (Å²) < 4.78 is 11.4. The largest absolute Gasteiger partial charge is 0.394 e.